The number of nitrogens with one attached hydrogen (secondary N) is 1. The van der Waals surface area contributed by atoms with Crippen LogP contribution in [0.15, 0.2) is 4.91 Å². The number of hydrogen-bond donors (Lipinski definition) is 1. The topological polar surface area (TPSA) is 73.8 Å². The summed E-state index contributed by atoms with van der Waals surface area (Å²) < 4.78 is 0. The maximum atomic E-state index is 11.3. The molecule has 0 amide bonds. The molecule has 0 aliphatic heterocycles. The molecule has 0 fully saturated rings. The maximum Gasteiger partial charge on any atom is 0.355 e. The van der Waals surface area contributed by atoms with Crippen molar-refractivity contribution in [2.45, 2.75) is 39.7 Å². The van der Waals surface area contributed by atoms with Gasteiger partial charge in [-0.3, -0.25) is 4.84 Å². The van der Waals surface area contributed by atoms with Crippen LogP contribution in [0.4, 0.5) is 0 Å². The Morgan fingerprint density at radius 2 is 2.12 bits per heavy atom. The number of hydrogen-bond acceptors (Lipinski definition) is 5. The first-order chi connectivity index (χ1) is 7.51. The Hall–Kier alpha value is -0.220. The molecule has 2 unspecified atom stereocenters. The van der Waals surface area contributed by atoms with Crippen LogP contribution in [0.5, 0.6) is 0 Å². The number of carbonyl (C=O) groups excluding carboxylic acids is 1. The summed E-state index contributed by atoms with van der Waals surface area (Å²) in [6.45, 7) is 6.62. The molecule has 0 bridgehead atoms. The molecule has 0 aromatic rings. The minimum atomic E-state index is -2.31. The highest BCUT2D eigenvalue weighted by atomic mass is 35.7. The summed E-state index contributed by atoms with van der Waals surface area (Å²) in [6.07, 6.45) is 2.12. The second kappa shape index (κ2) is 8.88. The fourth-order valence-corrected chi connectivity index (χ4v) is 1.39. The third-order valence-corrected chi connectivity index (χ3v) is 2.81. The van der Waals surface area contributed by atoms with Crippen molar-refractivity contribution >= 4 is 24.5 Å². The van der Waals surface area contributed by atoms with Crippen LogP contribution in [0.3, 0.4) is 0 Å². The molecule has 0 aromatic heterocycles. The van der Waals surface area contributed by atoms with E-state index in [1.807, 2.05) is 0 Å². The Bertz CT molecular complexity index is 243. The minimum Gasteiger partial charge on any atom is -0.593 e. The van der Waals surface area contributed by atoms with Crippen LogP contribution < -0.4 is 10.2 Å². The van der Waals surface area contributed by atoms with Crippen LogP contribution >= 0.6 is 18.5 Å². The van der Waals surface area contributed by atoms with E-state index in [0.29, 0.717) is 5.92 Å². The van der Waals surface area contributed by atoms with Crippen molar-refractivity contribution in [3.8, 4) is 0 Å². The molecule has 5 nitrogen and oxygen atoms in total. The quantitative estimate of drug-likeness (QED) is 0.566. The van der Waals surface area contributed by atoms with Crippen molar-refractivity contribution in [2.24, 2.45) is 10.8 Å². The van der Waals surface area contributed by atoms with Gasteiger partial charge in [-0.25, -0.2) is 4.79 Å². The lowest BCUT2D eigenvalue weighted by molar-refractivity contribution is -0.159. The highest BCUT2D eigenvalue weighted by Gasteiger charge is 2.16. The van der Waals surface area contributed by atoms with Crippen molar-refractivity contribution in [1.29, 1.82) is 0 Å². The van der Waals surface area contributed by atoms with Gasteiger partial charge in [-0.05, 0) is 19.4 Å². The SMILES string of the molecule is CCC(CC)CNC(C)C(=O)O/N=[P+](\[O-])Cl. The summed E-state index contributed by atoms with van der Waals surface area (Å²) in [7, 11) is -2.31. The molecule has 0 spiro atoms. The average molecular weight is 269 g/mol. The predicted molar refractivity (Wildman–Crippen MR) is 62.8 cm³/mol. The van der Waals surface area contributed by atoms with Crippen LogP contribution in [0.25, 0.3) is 0 Å². The third-order valence-electron chi connectivity index (χ3n) is 2.42. The monoisotopic (exact) mass is 268 g/mol. The molecular formula is C9H18ClN2O3P. The summed E-state index contributed by atoms with van der Waals surface area (Å²) in [6, 6.07) is -0.476. The van der Waals surface area contributed by atoms with Gasteiger partial charge in [-0.15, -0.1) is 0 Å². The smallest absolute Gasteiger partial charge is 0.355 e. The van der Waals surface area contributed by atoms with Crippen LogP contribution in [0.2, 0.25) is 0 Å². The third kappa shape index (κ3) is 7.12. The molecular weight excluding hydrogens is 251 g/mol. The highest BCUT2D eigenvalue weighted by Crippen LogP contribution is 2.19. The van der Waals surface area contributed by atoms with Gasteiger partial charge in [-0.1, -0.05) is 26.7 Å². The van der Waals surface area contributed by atoms with Crippen molar-refractivity contribution in [1.82, 2.24) is 5.32 Å². The van der Waals surface area contributed by atoms with E-state index >= 15 is 0 Å². The number of halogens is 1. The molecule has 94 valence electrons. The van der Waals surface area contributed by atoms with Crippen LogP contribution in [0, 0.1) is 5.92 Å². The number of carbonyl (C=O) groups is 1. The lowest BCUT2D eigenvalue weighted by Gasteiger charge is -2.15. The second-order valence-electron chi connectivity index (χ2n) is 3.53. The van der Waals surface area contributed by atoms with E-state index < -0.39 is 19.3 Å². The molecule has 0 saturated carbocycles. The minimum absolute atomic E-state index is 0.476. The van der Waals surface area contributed by atoms with Gasteiger partial charge in [0.2, 0.25) is 0 Å². The molecule has 0 heterocycles. The molecule has 0 rings (SSSR count). The molecule has 16 heavy (non-hydrogen) atoms. The van der Waals surface area contributed by atoms with E-state index in [4.69, 9.17) is 11.2 Å². The molecule has 7 heteroatoms. The zero-order chi connectivity index (χ0) is 12.6. The summed E-state index contributed by atoms with van der Waals surface area (Å²) >= 11 is 5.04. The predicted octanol–water partition coefficient (Wildman–Crippen LogP) is 1.95. The van der Waals surface area contributed by atoms with Crippen LogP contribution in [-0.4, -0.2) is 18.6 Å². The standard InChI is InChI=1S/C9H18ClN2O3P/c1-4-8(5-2)6-11-7(3)9(13)15-12-16(10)14/h7-8,11H,4-6H2,1-3H3. The van der Waals surface area contributed by atoms with Crippen molar-refractivity contribution in [2.75, 3.05) is 6.54 Å². The van der Waals surface area contributed by atoms with E-state index in [2.05, 4.69) is 28.9 Å². The van der Waals surface area contributed by atoms with Gasteiger partial charge in [0, 0.05) is 0 Å². The van der Waals surface area contributed by atoms with Gasteiger partial charge in [0.05, 0.1) is 0 Å². The van der Waals surface area contributed by atoms with Gasteiger partial charge in [0.1, 0.15) is 11.0 Å². The second-order valence-corrected chi connectivity index (χ2v) is 5.01. The summed E-state index contributed by atoms with van der Waals surface area (Å²) in [5.74, 6) is -0.0354. The Balaban J connectivity index is 3.91. The summed E-state index contributed by atoms with van der Waals surface area (Å²) in [5, 5.41) is 3.04. The normalized spacial score (nSPS) is 14.0. The molecule has 0 aliphatic carbocycles. The van der Waals surface area contributed by atoms with E-state index in [0.717, 1.165) is 19.4 Å². The Morgan fingerprint density at radius 3 is 2.56 bits per heavy atom. The number of rotatable bonds is 7. The van der Waals surface area contributed by atoms with E-state index in [1.54, 1.807) is 6.92 Å². The lowest BCUT2D eigenvalue weighted by Crippen LogP contribution is -2.37. The summed E-state index contributed by atoms with van der Waals surface area (Å²) in [4.78, 5) is 29.0. The van der Waals surface area contributed by atoms with E-state index in [-0.39, 0.29) is 0 Å². The van der Waals surface area contributed by atoms with Crippen molar-refractivity contribution in [3.63, 3.8) is 0 Å². The van der Waals surface area contributed by atoms with E-state index in [1.165, 1.54) is 0 Å². The molecule has 0 radical (unpaired) electrons. The zero-order valence-electron chi connectivity index (χ0n) is 9.77. The Kier molecular flexibility index (Phi) is 8.76. The first-order valence-corrected chi connectivity index (χ1v) is 7.41. The van der Waals surface area contributed by atoms with Gasteiger partial charge < -0.3 is 10.2 Å². The maximum absolute atomic E-state index is 11.3. The zero-order valence-corrected chi connectivity index (χ0v) is 11.4. The molecule has 0 aromatic carbocycles. The largest absolute Gasteiger partial charge is 0.593 e. The molecule has 1 N–H and O–H groups in total. The van der Waals surface area contributed by atoms with Gasteiger partial charge in [-0.2, -0.15) is 0 Å². The Labute approximate surface area is 102 Å². The van der Waals surface area contributed by atoms with Crippen LogP contribution in [-0.2, 0) is 9.63 Å². The van der Waals surface area contributed by atoms with Gasteiger partial charge in [0.15, 0.2) is 11.2 Å². The fourth-order valence-electron chi connectivity index (χ4n) is 1.16. The Morgan fingerprint density at radius 1 is 1.56 bits per heavy atom. The van der Waals surface area contributed by atoms with E-state index in [9.17, 15) is 9.69 Å². The number of nitrogens with zero attached hydrogens (tertiary/aromatic N) is 1. The lowest BCUT2D eigenvalue weighted by atomic mass is 10.0. The highest BCUT2D eigenvalue weighted by molar-refractivity contribution is 7.69. The van der Waals surface area contributed by atoms with Gasteiger partial charge in [0.25, 0.3) is 0 Å². The summed E-state index contributed by atoms with van der Waals surface area (Å²) in [5.41, 5.74) is 0. The van der Waals surface area contributed by atoms with Crippen molar-refractivity contribution < 1.29 is 14.5 Å². The first kappa shape index (κ1) is 15.8. The van der Waals surface area contributed by atoms with Crippen LogP contribution in [0.1, 0.15) is 33.6 Å². The van der Waals surface area contributed by atoms with Gasteiger partial charge >= 0.3 is 13.3 Å². The average Bonchev–Trinajstić information content (AvgIpc) is 2.26. The first-order valence-electron chi connectivity index (χ1n) is 5.29. The molecule has 2 atom stereocenters. The molecule has 0 saturated heterocycles. The molecule has 0 aliphatic rings. The van der Waals surface area contributed by atoms with Crippen molar-refractivity contribution in [3.05, 3.63) is 0 Å². The fraction of sp³-hybridized carbons (Fsp3) is 0.889.